The molecule has 2 atom stereocenters. The van der Waals surface area contributed by atoms with Crippen molar-refractivity contribution in [3.05, 3.63) is 41.7 Å². The number of amides is 2. The normalized spacial score (nSPS) is 17.4. The Morgan fingerprint density at radius 3 is 3.04 bits per heavy atom. The molecule has 128 valence electrons. The predicted molar refractivity (Wildman–Crippen MR) is 89.3 cm³/mol. The summed E-state index contributed by atoms with van der Waals surface area (Å²) >= 11 is 0. The number of carbonyl (C=O) groups excluding carboxylic acids is 1. The molecule has 0 bridgehead atoms. The molecule has 2 N–H and O–H groups in total. The minimum absolute atomic E-state index is 0.0630. The van der Waals surface area contributed by atoms with Crippen molar-refractivity contribution in [3.8, 4) is 11.5 Å². The number of fused-ring (bicyclic) bond motifs is 1. The molecule has 0 saturated carbocycles. The van der Waals surface area contributed by atoms with Crippen molar-refractivity contribution in [2.45, 2.75) is 25.4 Å². The molecule has 2 amide bonds. The molecule has 0 fully saturated rings. The zero-order valence-electron chi connectivity index (χ0n) is 14.1. The largest absolute Gasteiger partial charge is 0.497 e. The molecule has 2 heterocycles. The molecule has 7 nitrogen and oxygen atoms in total. The molecule has 0 radical (unpaired) electrons. The molecule has 0 saturated heterocycles. The molecule has 24 heavy (non-hydrogen) atoms. The van der Waals surface area contributed by atoms with Crippen molar-refractivity contribution >= 4 is 6.03 Å². The van der Waals surface area contributed by atoms with Crippen LogP contribution in [0.15, 0.2) is 30.6 Å². The van der Waals surface area contributed by atoms with Gasteiger partial charge in [-0.25, -0.2) is 4.79 Å². The first-order valence-electron chi connectivity index (χ1n) is 7.90. The van der Waals surface area contributed by atoms with Gasteiger partial charge in [0.15, 0.2) is 0 Å². The third-order valence-corrected chi connectivity index (χ3v) is 4.09. The van der Waals surface area contributed by atoms with E-state index in [1.54, 1.807) is 18.0 Å². The van der Waals surface area contributed by atoms with Crippen molar-refractivity contribution in [1.29, 1.82) is 0 Å². The first-order valence-corrected chi connectivity index (χ1v) is 7.90. The van der Waals surface area contributed by atoms with Crippen LogP contribution in [-0.2, 0) is 13.5 Å². The Kier molecular flexibility index (Phi) is 4.59. The van der Waals surface area contributed by atoms with E-state index in [2.05, 4.69) is 15.7 Å². The number of urea groups is 1. The second-order valence-corrected chi connectivity index (χ2v) is 5.97. The summed E-state index contributed by atoms with van der Waals surface area (Å²) in [6.45, 7) is 2.37. The highest BCUT2D eigenvalue weighted by Crippen LogP contribution is 2.29. The topological polar surface area (TPSA) is 77.4 Å². The van der Waals surface area contributed by atoms with Crippen LogP contribution in [0, 0.1) is 0 Å². The van der Waals surface area contributed by atoms with E-state index in [-0.39, 0.29) is 18.1 Å². The number of hydrogen-bond donors (Lipinski definition) is 2. The summed E-state index contributed by atoms with van der Waals surface area (Å²) in [6.07, 6.45) is 4.37. The maximum atomic E-state index is 12.2. The van der Waals surface area contributed by atoms with Gasteiger partial charge in [0.2, 0.25) is 0 Å². The Hall–Kier alpha value is -2.70. The van der Waals surface area contributed by atoms with Gasteiger partial charge in [-0.1, -0.05) is 6.07 Å². The average molecular weight is 330 g/mol. The second-order valence-electron chi connectivity index (χ2n) is 5.97. The van der Waals surface area contributed by atoms with E-state index in [4.69, 9.17) is 9.47 Å². The molecule has 1 aromatic heterocycles. The van der Waals surface area contributed by atoms with E-state index in [1.165, 1.54) is 0 Å². The van der Waals surface area contributed by atoms with E-state index in [0.717, 1.165) is 29.0 Å². The highest BCUT2D eigenvalue weighted by Gasteiger charge is 2.22. The van der Waals surface area contributed by atoms with Gasteiger partial charge in [-0.15, -0.1) is 0 Å². The van der Waals surface area contributed by atoms with Gasteiger partial charge in [0.1, 0.15) is 18.1 Å². The molecule has 0 aliphatic carbocycles. The van der Waals surface area contributed by atoms with Gasteiger partial charge < -0.3 is 20.1 Å². The number of benzene rings is 1. The van der Waals surface area contributed by atoms with Gasteiger partial charge in [0.25, 0.3) is 0 Å². The van der Waals surface area contributed by atoms with E-state index in [1.807, 2.05) is 38.4 Å². The summed E-state index contributed by atoms with van der Waals surface area (Å²) in [6, 6.07) is 5.35. The summed E-state index contributed by atoms with van der Waals surface area (Å²) in [4.78, 5) is 12.2. The standard InChI is InChI=1S/C17H22N4O3/c1-11(13-8-18-21(2)9-13)19-17(22)20-14-6-12-4-5-15(23-3)7-16(12)24-10-14/h4-5,7-9,11,14H,6,10H2,1-3H3,(H2,19,20,22). The Labute approximate surface area is 140 Å². The van der Waals surface area contributed by atoms with Crippen LogP contribution in [0.3, 0.4) is 0 Å². The molecule has 2 aromatic rings. The molecule has 1 aliphatic heterocycles. The fraction of sp³-hybridized carbons (Fsp3) is 0.412. The van der Waals surface area contributed by atoms with E-state index in [9.17, 15) is 4.79 Å². The average Bonchev–Trinajstić information content (AvgIpc) is 3.01. The fourth-order valence-corrected chi connectivity index (χ4v) is 2.74. The van der Waals surface area contributed by atoms with Crippen LogP contribution < -0.4 is 20.1 Å². The number of nitrogens with zero attached hydrogens (tertiary/aromatic N) is 2. The molecular formula is C17H22N4O3. The number of ether oxygens (including phenoxy) is 2. The highest BCUT2D eigenvalue weighted by molar-refractivity contribution is 5.74. The van der Waals surface area contributed by atoms with Crippen molar-refractivity contribution in [3.63, 3.8) is 0 Å². The maximum Gasteiger partial charge on any atom is 0.315 e. The number of hydrogen-bond acceptors (Lipinski definition) is 4. The third kappa shape index (κ3) is 3.61. The van der Waals surface area contributed by atoms with Gasteiger partial charge in [-0.2, -0.15) is 5.10 Å². The number of aryl methyl sites for hydroxylation is 1. The zero-order chi connectivity index (χ0) is 17.1. The lowest BCUT2D eigenvalue weighted by molar-refractivity contribution is 0.212. The van der Waals surface area contributed by atoms with Gasteiger partial charge >= 0.3 is 6.03 Å². The van der Waals surface area contributed by atoms with Crippen LogP contribution in [0.1, 0.15) is 24.1 Å². The van der Waals surface area contributed by atoms with Crippen molar-refractivity contribution in [2.24, 2.45) is 7.05 Å². The van der Waals surface area contributed by atoms with Crippen LogP contribution in [0.5, 0.6) is 11.5 Å². The van der Waals surface area contributed by atoms with Crippen LogP contribution >= 0.6 is 0 Å². The van der Waals surface area contributed by atoms with E-state index in [0.29, 0.717) is 6.61 Å². The number of carbonyl (C=O) groups is 1. The van der Waals surface area contributed by atoms with Gasteiger partial charge in [0.05, 0.1) is 25.4 Å². The molecule has 0 spiro atoms. The van der Waals surface area contributed by atoms with Crippen LogP contribution in [-0.4, -0.2) is 35.6 Å². The van der Waals surface area contributed by atoms with Gasteiger partial charge in [0, 0.05) is 24.9 Å². The Bertz CT molecular complexity index is 728. The lowest BCUT2D eigenvalue weighted by Crippen LogP contribution is -2.47. The van der Waals surface area contributed by atoms with Crippen molar-refractivity contribution in [2.75, 3.05) is 13.7 Å². The molecule has 1 aliphatic rings. The SMILES string of the molecule is COc1ccc2c(c1)OCC(NC(=O)NC(C)c1cnn(C)c1)C2. The number of aromatic nitrogens is 2. The van der Waals surface area contributed by atoms with Crippen LogP contribution in [0.4, 0.5) is 4.79 Å². The van der Waals surface area contributed by atoms with Crippen molar-refractivity contribution in [1.82, 2.24) is 20.4 Å². The molecule has 2 unspecified atom stereocenters. The zero-order valence-corrected chi connectivity index (χ0v) is 14.1. The summed E-state index contributed by atoms with van der Waals surface area (Å²) < 4.78 is 12.6. The Morgan fingerprint density at radius 2 is 2.33 bits per heavy atom. The minimum Gasteiger partial charge on any atom is -0.497 e. The Balaban J connectivity index is 1.55. The van der Waals surface area contributed by atoms with Gasteiger partial charge in [-0.05, 0) is 25.0 Å². The summed E-state index contributed by atoms with van der Waals surface area (Å²) in [5.41, 5.74) is 2.03. The summed E-state index contributed by atoms with van der Waals surface area (Å²) in [5, 5.41) is 10.00. The predicted octanol–water partition coefficient (Wildman–Crippen LogP) is 1.79. The lowest BCUT2D eigenvalue weighted by atomic mass is 10.0. The highest BCUT2D eigenvalue weighted by atomic mass is 16.5. The molecule has 7 heteroatoms. The second kappa shape index (κ2) is 6.82. The fourth-order valence-electron chi connectivity index (χ4n) is 2.74. The first-order chi connectivity index (χ1) is 11.5. The molecule has 3 rings (SSSR count). The minimum atomic E-state index is -0.211. The lowest BCUT2D eigenvalue weighted by Gasteiger charge is -2.27. The number of rotatable bonds is 4. The monoisotopic (exact) mass is 330 g/mol. The summed E-state index contributed by atoms with van der Waals surface area (Å²) in [7, 11) is 3.48. The van der Waals surface area contributed by atoms with Gasteiger partial charge in [-0.3, -0.25) is 4.68 Å². The van der Waals surface area contributed by atoms with Crippen LogP contribution in [0.2, 0.25) is 0 Å². The quantitative estimate of drug-likeness (QED) is 0.896. The maximum absolute atomic E-state index is 12.2. The number of nitrogens with one attached hydrogen (secondary N) is 2. The summed E-state index contributed by atoms with van der Waals surface area (Å²) in [5.74, 6) is 1.58. The van der Waals surface area contributed by atoms with E-state index >= 15 is 0 Å². The first kappa shape index (κ1) is 16.2. The Morgan fingerprint density at radius 1 is 1.50 bits per heavy atom. The smallest absolute Gasteiger partial charge is 0.315 e. The van der Waals surface area contributed by atoms with E-state index < -0.39 is 0 Å². The number of methoxy groups -OCH3 is 1. The molecular weight excluding hydrogens is 308 g/mol. The third-order valence-electron chi connectivity index (χ3n) is 4.09. The van der Waals surface area contributed by atoms with Crippen LogP contribution in [0.25, 0.3) is 0 Å². The van der Waals surface area contributed by atoms with Crippen molar-refractivity contribution < 1.29 is 14.3 Å². The molecule has 1 aromatic carbocycles.